The molecule has 1 aromatic heterocycles. The number of aliphatic hydroxyl groups excluding tert-OH is 1. The standard InChI is InChI=1S/C10H16N4O5/c1-2-19-10(16)5-11-4-9(15)7-13-6-8(3-12-13)14(17)18/h3,6,9,11,15H,2,4-5,7H2,1H3. The van der Waals surface area contributed by atoms with Crippen molar-refractivity contribution in [3.8, 4) is 0 Å². The van der Waals surface area contributed by atoms with Gasteiger partial charge in [-0.2, -0.15) is 5.10 Å². The second-order valence-corrected chi connectivity index (χ2v) is 3.77. The van der Waals surface area contributed by atoms with Crippen LogP contribution in [0.5, 0.6) is 0 Å². The van der Waals surface area contributed by atoms with Crippen LogP contribution in [0.1, 0.15) is 6.92 Å². The number of hydrogen-bond donors (Lipinski definition) is 2. The van der Waals surface area contributed by atoms with E-state index >= 15 is 0 Å². The van der Waals surface area contributed by atoms with Crippen LogP contribution >= 0.6 is 0 Å². The molecule has 19 heavy (non-hydrogen) atoms. The zero-order valence-electron chi connectivity index (χ0n) is 10.5. The lowest BCUT2D eigenvalue weighted by molar-refractivity contribution is -0.385. The van der Waals surface area contributed by atoms with Crippen molar-refractivity contribution < 1.29 is 19.6 Å². The highest BCUT2D eigenvalue weighted by molar-refractivity contribution is 5.71. The molecule has 0 aliphatic carbocycles. The third-order valence-electron chi connectivity index (χ3n) is 2.18. The highest BCUT2D eigenvalue weighted by atomic mass is 16.6. The third-order valence-corrected chi connectivity index (χ3v) is 2.18. The van der Waals surface area contributed by atoms with Gasteiger partial charge in [-0.15, -0.1) is 0 Å². The second kappa shape index (κ2) is 7.44. The molecule has 2 N–H and O–H groups in total. The van der Waals surface area contributed by atoms with Crippen molar-refractivity contribution in [2.24, 2.45) is 0 Å². The van der Waals surface area contributed by atoms with Gasteiger partial charge in [0.05, 0.1) is 30.7 Å². The molecule has 0 aliphatic heterocycles. The summed E-state index contributed by atoms with van der Waals surface area (Å²) in [5, 5.41) is 26.5. The minimum atomic E-state index is -0.811. The topological polar surface area (TPSA) is 120 Å². The average Bonchev–Trinajstić information content (AvgIpc) is 2.78. The first-order valence-electron chi connectivity index (χ1n) is 5.74. The number of aliphatic hydroxyl groups is 1. The van der Waals surface area contributed by atoms with Crippen LogP contribution in [0.4, 0.5) is 5.69 Å². The maximum absolute atomic E-state index is 11.0. The molecule has 0 amide bonds. The molecule has 1 unspecified atom stereocenters. The van der Waals surface area contributed by atoms with E-state index in [4.69, 9.17) is 4.74 Å². The van der Waals surface area contributed by atoms with Crippen molar-refractivity contribution in [1.82, 2.24) is 15.1 Å². The number of nitro groups is 1. The van der Waals surface area contributed by atoms with E-state index in [9.17, 15) is 20.0 Å². The van der Waals surface area contributed by atoms with Crippen LogP contribution in [0.15, 0.2) is 12.4 Å². The molecule has 106 valence electrons. The Labute approximate surface area is 109 Å². The van der Waals surface area contributed by atoms with Gasteiger partial charge in [0.2, 0.25) is 0 Å². The Morgan fingerprint density at radius 2 is 2.47 bits per heavy atom. The summed E-state index contributed by atoms with van der Waals surface area (Å²) in [5.74, 6) is -0.399. The maximum atomic E-state index is 11.0. The van der Waals surface area contributed by atoms with E-state index in [0.29, 0.717) is 6.61 Å². The van der Waals surface area contributed by atoms with Crippen molar-refractivity contribution in [1.29, 1.82) is 0 Å². The van der Waals surface area contributed by atoms with Crippen LogP contribution in [0.3, 0.4) is 0 Å². The Hall–Kier alpha value is -2.00. The molecule has 0 spiro atoms. The van der Waals surface area contributed by atoms with Crippen LogP contribution in [-0.2, 0) is 16.1 Å². The fourth-order valence-corrected chi connectivity index (χ4v) is 1.38. The number of nitrogens with zero attached hydrogens (tertiary/aromatic N) is 3. The van der Waals surface area contributed by atoms with E-state index < -0.39 is 17.0 Å². The Morgan fingerprint density at radius 3 is 3.05 bits per heavy atom. The zero-order chi connectivity index (χ0) is 14.3. The lowest BCUT2D eigenvalue weighted by Crippen LogP contribution is -2.34. The van der Waals surface area contributed by atoms with E-state index in [1.54, 1.807) is 6.92 Å². The van der Waals surface area contributed by atoms with Crippen molar-refractivity contribution in [2.45, 2.75) is 19.6 Å². The number of nitrogens with one attached hydrogen (secondary N) is 1. The van der Waals surface area contributed by atoms with Crippen molar-refractivity contribution in [2.75, 3.05) is 19.7 Å². The Morgan fingerprint density at radius 1 is 1.74 bits per heavy atom. The molecular formula is C10H16N4O5. The SMILES string of the molecule is CCOC(=O)CNCC(O)Cn1cc([N+](=O)[O-])cn1. The molecule has 9 heteroatoms. The number of rotatable bonds is 8. The fraction of sp³-hybridized carbons (Fsp3) is 0.600. The largest absolute Gasteiger partial charge is 0.465 e. The Bertz CT molecular complexity index is 433. The first-order valence-corrected chi connectivity index (χ1v) is 5.74. The first-order chi connectivity index (χ1) is 9.02. The van der Waals surface area contributed by atoms with Crippen molar-refractivity contribution in [3.63, 3.8) is 0 Å². The van der Waals surface area contributed by atoms with Crippen molar-refractivity contribution in [3.05, 3.63) is 22.5 Å². The van der Waals surface area contributed by atoms with E-state index in [1.807, 2.05) is 0 Å². The molecule has 0 saturated heterocycles. The molecule has 9 nitrogen and oxygen atoms in total. The highest BCUT2D eigenvalue weighted by Gasteiger charge is 2.12. The molecular weight excluding hydrogens is 256 g/mol. The van der Waals surface area contributed by atoms with Crippen molar-refractivity contribution >= 4 is 11.7 Å². The molecule has 0 fully saturated rings. The van der Waals surface area contributed by atoms with Gasteiger partial charge < -0.3 is 15.2 Å². The van der Waals surface area contributed by atoms with Crippen LogP contribution in [0.2, 0.25) is 0 Å². The lowest BCUT2D eigenvalue weighted by atomic mass is 10.3. The van der Waals surface area contributed by atoms with Gasteiger partial charge in [0, 0.05) is 6.54 Å². The van der Waals surface area contributed by atoms with E-state index in [-0.39, 0.29) is 25.3 Å². The maximum Gasteiger partial charge on any atom is 0.319 e. The molecule has 0 bridgehead atoms. The normalized spacial score (nSPS) is 12.1. The summed E-state index contributed by atoms with van der Waals surface area (Å²) >= 11 is 0. The summed E-state index contributed by atoms with van der Waals surface area (Å²) in [5.41, 5.74) is -0.133. The van der Waals surface area contributed by atoms with Gasteiger partial charge in [-0.3, -0.25) is 19.6 Å². The number of carbonyl (C=O) groups is 1. The molecule has 0 aromatic carbocycles. The van der Waals surface area contributed by atoms with E-state index in [2.05, 4.69) is 10.4 Å². The molecule has 1 aromatic rings. The minimum Gasteiger partial charge on any atom is -0.465 e. The smallest absolute Gasteiger partial charge is 0.319 e. The minimum absolute atomic E-state index is 0.00412. The van der Waals surface area contributed by atoms with Gasteiger partial charge in [0.15, 0.2) is 0 Å². The number of hydrogen-bond acceptors (Lipinski definition) is 7. The zero-order valence-corrected chi connectivity index (χ0v) is 10.5. The van der Waals surface area contributed by atoms with Gasteiger partial charge >= 0.3 is 11.7 Å². The summed E-state index contributed by atoms with van der Waals surface area (Å²) in [6.07, 6.45) is 1.53. The Balaban J connectivity index is 2.28. The second-order valence-electron chi connectivity index (χ2n) is 3.77. The summed E-state index contributed by atoms with van der Waals surface area (Å²) in [6.45, 7) is 2.28. The predicted octanol–water partition coefficient (Wildman–Crippen LogP) is -0.695. The van der Waals surface area contributed by atoms with E-state index in [0.717, 1.165) is 6.20 Å². The molecule has 1 heterocycles. The Kier molecular flexibility index (Phi) is 5.90. The van der Waals surface area contributed by atoms with Gasteiger partial charge in [-0.05, 0) is 6.92 Å². The summed E-state index contributed by atoms with van der Waals surface area (Å²) in [7, 11) is 0. The van der Waals surface area contributed by atoms with Crippen LogP contribution in [0, 0.1) is 10.1 Å². The quantitative estimate of drug-likeness (QED) is 0.365. The van der Waals surface area contributed by atoms with Gasteiger partial charge in [0.25, 0.3) is 0 Å². The molecule has 0 radical (unpaired) electrons. The van der Waals surface area contributed by atoms with Gasteiger partial charge in [-0.25, -0.2) is 0 Å². The van der Waals surface area contributed by atoms with E-state index in [1.165, 1.54) is 10.9 Å². The molecule has 1 rings (SSSR count). The lowest BCUT2D eigenvalue weighted by Gasteiger charge is -2.11. The van der Waals surface area contributed by atoms with Crippen LogP contribution in [0.25, 0.3) is 0 Å². The molecule has 0 saturated carbocycles. The first kappa shape index (κ1) is 15.1. The number of carbonyl (C=O) groups excluding carboxylic acids is 1. The summed E-state index contributed by atoms with van der Waals surface area (Å²) in [4.78, 5) is 20.9. The fourth-order valence-electron chi connectivity index (χ4n) is 1.38. The summed E-state index contributed by atoms with van der Waals surface area (Å²) in [6, 6.07) is 0. The monoisotopic (exact) mass is 272 g/mol. The van der Waals surface area contributed by atoms with Gasteiger partial charge in [-0.1, -0.05) is 0 Å². The highest BCUT2D eigenvalue weighted by Crippen LogP contribution is 2.07. The summed E-state index contributed by atoms with van der Waals surface area (Å²) < 4.78 is 5.97. The molecule has 0 aliphatic rings. The van der Waals surface area contributed by atoms with Crippen LogP contribution in [-0.4, -0.2) is 51.6 Å². The number of ether oxygens (including phenoxy) is 1. The molecule has 1 atom stereocenters. The number of esters is 1. The predicted molar refractivity (Wildman–Crippen MR) is 64.4 cm³/mol. The van der Waals surface area contributed by atoms with Crippen LogP contribution < -0.4 is 5.32 Å². The number of aromatic nitrogens is 2. The third kappa shape index (κ3) is 5.44. The average molecular weight is 272 g/mol. The van der Waals surface area contributed by atoms with Gasteiger partial charge in [0.1, 0.15) is 12.4 Å².